The second-order valence-corrected chi connectivity index (χ2v) is 8.59. The molecular formula is C27H31N3O2. The third-order valence-corrected chi connectivity index (χ3v) is 5.69. The van der Waals surface area contributed by atoms with E-state index in [1.807, 2.05) is 38.1 Å². The Morgan fingerprint density at radius 2 is 1.09 bits per heavy atom. The molecule has 0 fully saturated rings. The van der Waals surface area contributed by atoms with E-state index in [0.29, 0.717) is 13.1 Å². The van der Waals surface area contributed by atoms with Gasteiger partial charge in [-0.3, -0.25) is 9.59 Å². The molecule has 0 atom stereocenters. The largest absolute Gasteiger partial charge is 0.336 e. The van der Waals surface area contributed by atoms with E-state index >= 15 is 0 Å². The van der Waals surface area contributed by atoms with Crippen LogP contribution in [0.15, 0.2) is 54.6 Å². The van der Waals surface area contributed by atoms with Crippen molar-refractivity contribution in [3.8, 4) is 0 Å². The molecule has 3 rings (SSSR count). The Hall–Kier alpha value is -3.47. The fraction of sp³-hybridized carbons (Fsp3) is 0.296. The lowest BCUT2D eigenvalue weighted by atomic mass is 10.1. The maximum Gasteiger partial charge on any atom is 0.272 e. The van der Waals surface area contributed by atoms with Crippen molar-refractivity contribution in [3.63, 3.8) is 0 Å². The van der Waals surface area contributed by atoms with E-state index < -0.39 is 0 Å². The van der Waals surface area contributed by atoms with Crippen LogP contribution in [0.1, 0.15) is 54.4 Å². The van der Waals surface area contributed by atoms with Gasteiger partial charge in [-0.2, -0.15) is 0 Å². The highest BCUT2D eigenvalue weighted by molar-refractivity contribution is 5.96. The molecule has 0 spiro atoms. The van der Waals surface area contributed by atoms with Gasteiger partial charge in [0.15, 0.2) is 0 Å². The van der Waals surface area contributed by atoms with Gasteiger partial charge >= 0.3 is 0 Å². The summed E-state index contributed by atoms with van der Waals surface area (Å²) in [6, 6.07) is 17.4. The molecule has 0 aliphatic rings. The lowest BCUT2D eigenvalue weighted by Gasteiger charge is -2.20. The van der Waals surface area contributed by atoms with Gasteiger partial charge in [-0.1, -0.05) is 53.6 Å². The predicted molar refractivity (Wildman–Crippen MR) is 128 cm³/mol. The summed E-state index contributed by atoms with van der Waals surface area (Å²) < 4.78 is 0. The first-order valence-corrected chi connectivity index (χ1v) is 10.8. The van der Waals surface area contributed by atoms with Crippen molar-refractivity contribution in [1.29, 1.82) is 0 Å². The summed E-state index contributed by atoms with van der Waals surface area (Å²) in [6.45, 7) is 9.16. The molecule has 5 nitrogen and oxygen atoms in total. The molecule has 3 aromatic rings. The molecule has 0 saturated heterocycles. The van der Waals surface area contributed by atoms with E-state index in [1.165, 1.54) is 11.1 Å². The van der Waals surface area contributed by atoms with Crippen molar-refractivity contribution in [3.05, 3.63) is 99.4 Å². The standard InChI is InChI=1S/C27H31N3O2/c1-18-10-12-22(20(3)14-18)16-29(5)26(31)24-8-7-9-25(28-24)27(32)30(6)17-23-13-11-19(2)15-21(23)4/h7-15H,16-17H2,1-6H3. The number of hydrogen-bond acceptors (Lipinski definition) is 3. The molecule has 5 heteroatoms. The molecule has 0 aliphatic heterocycles. The summed E-state index contributed by atoms with van der Waals surface area (Å²) >= 11 is 0. The zero-order chi connectivity index (χ0) is 23.4. The first-order valence-electron chi connectivity index (χ1n) is 10.8. The minimum atomic E-state index is -0.211. The smallest absolute Gasteiger partial charge is 0.272 e. The number of benzene rings is 2. The number of rotatable bonds is 6. The van der Waals surface area contributed by atoms with Crippen molar-refractivity contribution in [2.75, 3.05) is 14.1 Å². The minimum Gasteiger partial charge on any atom is -0.336 e. The number of pyridine rings is 1. The van der Waals surface area contributed by atoms with Crippen molar-refractivity contribution in [2.45, 2.75) is 40.8 Å². The van der Waals surface area contributed by atoms with E-state index in [0.717, 1.165) is 22.3 Å². The second-order valence-electron chi connectivity index (χ2n) is 8.59. The zero-order valence-electron chi connectivity index (χ0n) is 19.8. The molecule has 32 heavy (non-hydrogen) atoms. The van der Waals surface area contributed by atoms with Crippen LogP contribution in [-0.2, 0) is 13.1 Å². The van der Waals surface area contributed by atoms with Gasteiger partial charge < -0.3 is 9.80 Å². The third-order valence-electron chi connectivity index (χ3n) is 5.69. The van der Waals surface area contributed by atoms with Crippen LogP contribution in [0.2, 0.25) is 0 Å². The van der Waals surface area contributed by atoms with Gasteiger partial charge in [-0.15, -0.1) is 0 Å². The van der Waals surface area contributed by atoms with Crippen molar-refractivity contribution in [2.24, 2.45) is 0 Å². The predicted octanol–water partition coefficient (Wildman–Crippen LogP) is 4.86. The number of amides is 2. The number of aromatic nitrogens is 1. The highest BCUT2D eigenvalue weighted by Crippen LogP contribution is 2.16. The van der Waals surface area contributed by atoms with Crippen LogP contribution in [0.5, 0.6) is 0 Å². The number of nitrogens with zero attached hydrogens (tertiary/aromatic N) is 3. The van der Waals surface area contributed by atoms with Gasteiger partial charge in [0, 0.05) is 27.2 Å². The average molecular weight is 430 g/mol. The van der Waals surface area contributed by atoms with Crippen LogP contribution < -0.4 is 0 Å². The van der Waals surface area contributed by atoms with Gasteiger partial charge in [0.1, 0.15) is 11.4 Å². The molecule has 166 valence electrons. The highest BCUT2D eigenvalue weighted by Gasteiger charge is 2.19. The molecule has 0 radical (unpaired) electrons. The molecule has 1 heterocycles. The highest BCUT2D eigenvalue weighted by atomic mass is 16.2. The van der Waals surface area contributed by atoms with Crippen LogP contribution in [0.3, 0.4) is 0 Å². The summed E-state index contributed by atoms with van der Waals surface area (Å²) in [7, 11) is 3.51. The number of hydrogen-bond donors (Lipinski definition) is 0. The topological polar surface area (TPSA) is 53.5 Å². The van der Waals surface area contributed by atoms with E-state index in [4.69, 9.17) is 0 Å². The SMILES string of the molecule is Cc1ccc(CN(C)C(=O)c2cccc(C(=O)N(C)Cc3ccc(C)cc3C)n2)c(C)c1. The molecule has 2 aromatic carbocycles. The fourth-order valence-corrected chi connectivity index (χ4v) is 3.77. The Labute approximate surface area is 190 Å². The Morgan fingerprint density at radius 3 is 1.47 bits per heavy atom. The monoisotopic (exact) mass is 429 g/mol. The number of carbonyl (C=O) groups excluding carboxylic acids is 2. The molecular weight excluding hydrogens is 398 g/mol. The third kappa shape index (κ3) is 5.41. The minimum absolute atomic E-state index is 0.211. The fourth-order valence-electron chi connectivity index (χ4n) is 3.77. The van der Waals surface area contributed by atoms with E-state index in [1.54, 1.807) is 42.1 Å². The van der Waals surface area contributed by atoms with Crippen LogP contribution in [0.25, 0.3) is 0 Å². The summed E-state index contributed by atoms with van der Waals surface area (Å²) in [5.41, 5.74) is 7.39. The van der Waals surface area contributed by atoms with Crippen molar-refractivity contribution >= 4 is 11.8 Å². The number of aryl methyl sites for hydroxylation is 4. The Bertz CT molecular complexity index is 1070. The summed E-state index contributed by atoms with van der Waals surface area (Å²) in [5.74, 6) is -0.423. The summed E-state index contributed by atoms with van der Waals surface area (Å²) in [5, 5.41) is 0. The summed E-state index contributed by atoms with van der Waals surface area (Å²) in [6.07, 6.45) is 0. The average Bonchev–Trinajstić information content (AvgIpc) is 2.76. The van der Waals surface area contributed by atoms with Gasteiger partial charge in [0.25, 0.3) is 11.8 Å². The van der Waals surface area contributed by atoms with E-state index in [-0.39, 0.29) is 23.2 Å². The van der Waals surface area contributed by atoms with E-state index in [2.05, 4.69) is 31.0 Å². The Morgan fingerprint density at radius 1 is 0.688 bits per heavy atom. The lowest BCUT2D eigenvalue weighted by Crippen LogP contribution is -2.30. The molecule has 0 saturated carbocycles. The molecule has 0 aliphatic carbocycles. The van der Waals surface area contributed by atoms with Gasteiger partial charge in [-0.05, 0) is 62.1 Å². The maximum atomic E-state index is 13.0. The second kappa shape index (κ2) is 9.77. The molecule has 0 N–H and O–H groups in total. The number of carbonyl (C=O) groups is 2. The van der Waals surface area contributed by atoms with Gasteiger partial charge in [0.2, 0.25) is 0 Å². The Balaban J connectivity index is 1.73. The van der Waals surface area contributed by atoms with Crippen molar-refractivity contribution in [1.82, 2.24) is 14.8 Å². The Kier molecular flexibility index (Phi) is 7.08. The zero-order valence-corrected chi connectivity index (χ0v) is 19.8. The van der Waals surface area contributed by atoms with Crippen LogP contribution in [-0.4, -0.2) is 40.7 Å². The lowest BCUT2D eigenvalue weighted by molar-refractivity contribution is 0.0771. The quantitative estimate of drug-likeness (QED) is 0.562. The molecule has 0 unspecified atom stereocenters. The van der Waals surface area contributed by atoms with Crippen LogP contribution in [0.4, 0.5) is 0 Å². The van der Waals surface area contributed by atoms with Crippen LogP contribution >= 0.6 is 0 Å². The molecule has 0 bridgehead atoms. The van der Waals surface area contributed by atoms with E-state index in [9.17, 15) is 9.59 Å². The first-order chi connectivity index (χ1) is 15.2. The normalized spacial score (nSPS) is 10.7. The van der Waals surface area contributed by atoms with Gasteiger partial charge in [0.05, 0.1) is 0 Å². The maximum absolute atomic E-state index is 13.0. The first kappa shape index (κ1) is 23.2. The van der Waals surface area contributed by atoms with Gasteiger partial charge in [-0.25, -0.2) is 4.98 Å². The molecule has 1 aromatic heterocycles. The molecule has 2 amide bonds. The van der Waals surface area contributed by atoms with Crippen molar-refractivity contribution < 1.29 is 9.59 Å². The summed E-state index contributed by atoms with van der Waals surface area (Å²) in [4.78, 5) is 33.6. The van der Waals surface area contributed by atoms with Crippen LogP contribution in [0, 0.1) is 27.7 Å².